The van der Waals surface area contributed by atoms with Crippen molar-refractivity contribution in [3.8, 4) is 11.3 Å². The largest absolute Gasteiger partial charge is 0.477 e. The van der Waals surface area contributed by atoms with E-state index in [9.17, 15) is 9.90 Å². The molecule has 0 unspecified atom stereocenters. The molecule has 3 N–H and O–H groups in total. The lowest BCUT2D eigenvalue weighted by atomic mass is 10.1. The lowest BCUT2D eigenvalue weighted by Crippen LogP contribution is -2.47. The number of nitrogen functional groups attached to an aromatic ring is 1. The minimum atomic E-state index is -1.09. The van der Waals surface area contributed by atoms with Crippen LogP contribution in [-0.2, 0) is 0 Å². The van der Waals surface area contributed by atoms with Crippen molar-refractivity contribution in [1.82, 2.24) is 15.1 Å². The highest BCUT2D eigenvalue weighted by Crippen LogP contribution is 2.32. The summed E-state index contributed by atoms with van der Waals surface area (Å²) in [6.45, 7) is 4.27. The number of nitrogens with two attached hydrogens (primary N) is 1. The van der Waals surface area contributed by atoms with E-state index in [1.54, 1.807) is 24.3 Å². The van der Waals surface area contributed by atoms with E-state index >= 15 is 0 Å². The van der Waals surface area contributed by atoms with Crippen LogP contribution in [0.1, 0.15) is 16.1 Å². The topological polar surface area (TPSA) is 122 Å². The molecule has 3 aromatic rings. The Balaban J connectivity index is 1.57. The van der Waals surface area contributed by atoms with Crippen molar-refractivity contribution in [3.05, 3.63) is 46.6 Å². The first-order valence-corrected chi connectivity index (χ1v) is 9.40. The first-order chi connectivity index (χ1) is 13.9. The molecule has 10 heteroatoms. The molecule has 3 heterocycles. The van der Waals surface area contributed by atoms with Crippen molar-refractivity contribution in [1.29, 1.82) is 0 Å². The van der Waals surface area contributed by atoms with Crippen LogP contribution in [0.3, 0.4) is 0 Å². The van der Waals surface area contributed by atoms with Crippen molar-refractivity contribution in [2.45, 2.75) is 6.92 Å². The van der Waals surface area contributed by atoms with Gasteiger partial charge < -0.3 is 25.2 Å². The molecule has 1 fully saturated rings. The quantitative estimate of drug-likeness (QED) is 0.663. The van der Waals surface area contributed by atoms with E-state index in [1.165, 1.54) is 0 Å². The van der Waals surface area contributed by atoms with Gasteiger partial charge in [-0.25, -0.2) is 9.78 Å². The number of carboxylic acids is 1. The first-order valence-electron chi connectivity index (χ1n) is 9.02. The Bertz CT molecular complexity index is 1020. The number of carbonyl (C=O) groups is 1. The van der Waals surface area contributed by atoms with Gasteiger partial charge in [0.05, 0.1) is 0 Å². The highest BCUT2D eigenvalue weighted by Gasteiger charge is 2.29. The molecule has 1 aliphatic heterocycles. The Kier molecular flexibility index (Phi) is 4.98. The summed E-state index contributed by atoms with van der Waals surface area (Å²) in [5.74, 6) is 0.439. The monoisotopic (exact) mass is 414 g/mol. The lowest BCUT2D eigenvalue weighted by molar-refractivity contribution is 0.0698. The van der Waals surface area contributed by atoms with E-state index in [-0.39, 0.29) is 17.3 Å². The fourth-order valence-corrected chi connectivity index (χ4v) is 3.50. The summed E-state index contributed by atoms with van der Waals surface area (Å²) in [4.78, 5) is 24.3. The molecule has 1 aromatic carbocycles. The summed E-state index contributed by atoms with van der Waals surface area (Å²) in [5.41, 5.74) is 7.20. The number of nitrogens with zero attached hydrogens (tertiary/aromatic N) is 5. The van der Waals surface area contributed by atoms with Gasteiger partial charge in [-0.3, -0.25) is 0 Å². The summed E-state index contributed by atoms with van der Waals surface area (Å²) < 4.78 is 5.41. The second kappa shape index (κ2) is 7.59. The van der Waals surface area contributed by atoms with Gasteiger partial charge in [-0.15, -0.1) is 0 Å². The molecule has 4 rings (SSSR count). The molecule has 2 aromatic heterocycles. The van der Waals surface area contributed by atoms with Crippen LogP contribution in [0, 0.1) is 6.92 Å². The van der Waals surface area contributed by atoms with Gasteiger partial charge in [0, 0.05) is 48.5 Å². The average Bonchev–Trinajstić information content (AvgIpc) is 3.13. The molecule has 0 amide bonds. The van der Waals surface area contributed by atoms with Crippen molar-refractivity contribution in [3.63, 3.8) is 0 Å². The smallest absolute Gasteiger partial charge is 0.343 e. The number of rotatable bonds is 4. The van der Waals surface area contributed by atoms with Crippen LogP contribution in [0.25, 0.3) is 11.3 Å². The number of halogens is 1. The normalized spacial score (nSPS) is 14.3. The molecule has 150 valence electrons. The third kappa shape index (κ3) is 3.81. The van der Waals surface area contributed by atoms with Gasteiger partial charge in [0.1, 0.15) is 5.82 Å². The summed E-state index contributed by atoms with van der Waals surface area (Å²) in [5, 5.41) is 14.4. The second-order valence-corrected chi connectivity index (χ2v) is 7.16. The van der Waals surface area contributed by atoms with E-state index < -0.39 is 5.97 Å². The number of benzene rings is 1. The number of hydrogen-bond acceptors (Lipinski definition) is 8. The van der Waals surface area contributed by atoms with Crippen molar-refractivity contribution in [2.24, 2.45) is 0 Å². The van der Waals surface area contributed by atoms with Gasteiger partial charge in [-0.1, -0.05) is 16.8 Å². The predicted octanol–water partition coefficient (Wildman–Crippen LogP) is 2.70. The molecule has 29 heavy (non-hydrogen) atoms. The Morgan fingerprint density at radius 2 is 1.79 bits per heavy atom. The highest BCUT2D eigenvalue weighted by atomic mass is 35.5. The molecule has 0 spiro atoms. The Morgan fingerprint density at radius 1 is 1.14 bits per heavy atom. The summed E-state index contributed by atoms with van der Waals surface area (Å²) in [6.07, 6.45) is 0. The Hall–Kier alpha value is -3.33. The van der Waals surface area contributed by atoms with Crippen LogP contribution in [0.2, 0.25) is 5.02 Å². The molecule has 0 saturated carbocycles. The van der Waals surface area contributed by atoms with E-state index in [1.807, 2.05) is 17.9 Å². The third-order valence-electron chi connectivity index (χ3n) is 4.76. The molecular weight excluding hydrogens is 396 g/mol. The molecule has 9 nitrogen and oxygen atoms in total. The highest BCUT2D eigenvalue weighted by molar-refractivity contribution is 6.30. The Morgan fingerprint density at radius 3 is 2.41 bits per heavy atom. The van der Waals surface area contributed by atoms with E-state index in [2.05, 4.69) is 20.0 Å². The fraction of sp³-hybridized carbons (Fsp3) is 0.263. The average molecular weight is 415 g/mol. The number of hydrogen-bond donors (Lipinski definition) is 2. The summed E-state index contributed by atoms with van der Waals surface area (Å²) in [6, 6.07) is 8.65. The van der Waals surface area contributed by atoms with Gasteiger partial charge in [-0.05, 0) is 31.2 Å². The van der Waals surface area contributed by atoms with Crippen LogP contribution >= 0.6 is 11.6 Å². The number of piperazine rings is 1. The van der Waals surface area contributed by atoms with Gasteiger partial charge in [0.25, 0.3) is 0 Å². The van der Waals surface area contributed by atoms with E-state index in [4.69, 9.17) is 21.9 Å². The van der Waals surface area contributed by atoms with Crippen LogP contribution in [0.15, 0.2) is 34.9 Å². The number of aromatic nitrogens is 3. The van der Waals surface area contributed by atoms with Gasteiger partial charge in [0.15, 0.2) is 17.1 Å². The minimum Gasteiger partial charge on any atom is -0.477 e. The predicted molar refractivity (Wildman–Crippen MR) is 110 cm³/mol. The van der Waals surface area contributed by atoms with Crippen LogP contribution in [0.4, 0.5) is 17.6 Å². The summed E-state index contributed by atoms with van der Waals surface area (Å²) >= 11 is 5.92. The standard InChI is InChI=1S/C19H19ClN6O3/c1-11-10-14(23-19(21)22-11)25-6-8-26(9-7-25)17-15(18(27)28)16(29-24-17)12-2-4-13(20)5-3-12/h2-5,10H,6-9H2,1H3,(H,27,28)(H2,21,22,23). The molecule has 0 radical (unpaired) electrons. The van der Waals surface area contributed by atoms with E-state index in [0.717, 1.165) is 11.5 Å². The molecule has 0 aliphatic carbocycles. The maximum Gasteiger partial charge on any atom is 0.343 e. The lowest BCUT2D eigenvalue weighted by Gasteiger charge is -2.35. The molecule has 0 atom stereocenters. The van der Waals surface area contributed by atoms with Crippen LogP contribution in [0.5, 0.6) is 0 Å². The van der Waals surface area contributed by atoms with E-state index in [0.29, 0.717) is 42.6 Å². The number of aromatic carboxylic acids is 1. The SMILES string of the molecule is Cc1cc(N2CCN(c3noc(-c4ccc(Cl)cc4)c3C(=O)O)CC2)nc(N)n1. The van der Waals surface area contributed by atoms with Crippen molar-refractivity contribution in [2.75, 3.05) is 41.7 Å². The number of anilines is 3. The minimum absolute atomic E-state index is 0.0443. The molecule has 0 bridgehead atoms. The number of aryl methyl sites for hydroxylation is 1. The Labute approximate surface area is 171 Å². The fourth-order valence-electron chi connectivity index (χ4n) is 3.37. The van der Waals surface area contributed by atoms with Crippen LogP contribution in [-0.4, -0.2) is 52.4 Å². The zero-order valence-electron chi connectivity index (χ0n) is 15.7. The number of carboxylic acid groups (broad SMARTS) is 1. The van der Waals surface area contributed by atoms with Crippen molar-refractivity contribution < 1.29 is 14.4 Å². The van der Waals surface area contributed by atoms with Gasteiger partial charge in [-0.2, -0.15) is 4.98 Å². The zero-order chi connectivity index (χ0) is 20.5. The molecule has 1 aliphatic rings. The molecule has 1 saturated heterocycles. The first kappa shape index (κ1) is 19.0. The zero-order valence-corrected chi connectivity index (χ0v) is 16.4. The third-order valence-corrected chi connectivity index (χ3v) is 5.01. The second-order valence-electron chi connectivity index (χ2n) is 6.72. The van der Waals surface area contributed by atoms with Crippen molar-refractivity contribution >= 4 is 35.2 Å². The maximum atomic E-state index is 12.0. The van der Waals surface area contributed by atoms with Gasteiger partial charge >= 0.3 is 5.97 Å². The van der Waals surface area contributed by atoms with Crippen LogP contribution < -0.4 is 15.5 Å². The molecular formula is C19H19ClN6O3. The summed E-state index contributed by atoms with van der Waals surface area (Å²) in [7, 11) is 0. The maximum absolute atomic E-state index is 12.0. The van der Waals surface area contributed by atoms with Gasteiger partial charge in [0.2, 0.25) is 5.95 Å².